The van der Waals surface area contributed by atoms with Gasteiger partial charge in [-0.3, -0.25) is 13.9 Å². The topological polar surface area (TPSA) is 86.8 Å². The molecule has 0 heterocycles. The van der Waals surface area contributed by atoms with Crippen LogP contribution in [0, 0.1) is 20.8 Å². The molecule has 202 valence electrons. The van der Waals surface area contributed by atoms with Gasteiger partial charge in [0, 0.05) is 13.1 Å². The van der Waals surface area contributed by atoms with Crippen LogP contribution in [-0.4, -0.2) is 44.3 Å². The predicted molar refractivity (Wildman–Crippen MR) is 151 cm³/mol. The van der Waals surface area contributed by atoms with Crippen LogP contribution in [0.15, 0.2) is 77.7 Å². The Morgan fingerprint density at radius 3 is 2.18 bits per heavy atom. The van der Waals surface area contributed by atoms with Gasteiger partial charge in [-0.05, 0) is 75.1 Å². The average molecular weight is 536 g/mol. The SMILES string of the molecule is CCNC(=O)C(CC)N(Cc1cccc(C)c1)C(=O)CN(c1ccc(C)c(C)c1)S(=O)(=O)c1ccccc1. The molecule has 1 atom stereocenters. The molecule has 8 heteroatoms. The molecule has 3 aromatic carbocycles. The van der Waals surface area contributed by atoms with Crippen LogP contribution in [0.5, 0.6) is 0 Å². The Balaban J connectivity index is 2.07. The highest BCUT2D eigenvalue weighted by molar-refractivity contribution is 7.92. The van der Waals surface area contributed by atoms with Crippen molar-refractivity contribution in [3.05, 3.63) is 95.1 Å². The van der Waals surface area contributed by atoms with Crippen molar-refractivity contribution in [2.24, 2.45) is 0 Å². The number of sulfonamides is 1. The Morgan fingerprint density at radius 2 is 1.58 bits per heavy atom. The number of aryl methyl sites for hydroxylation is 3. The third-order valence-electron chi connectivity index (χ3n) is 6.56. The molecule has 0 aliphatic rings. The van der Waals surface area contributed by atoms with E-state index in [4.69, 9.17) is 0 Å². The van der Waals surface area contributed by atoms with Crippen molar-refractivity contribution in [3.63, 3.8) is 0 Å². The van der Waals surface area contributed by atoms with Crippen LogP contribution in [0.3, 0.4) is 0 Å². The maximum atomic E-state index is 14.0. The Kier molecular flexibility index (Phi) is 9.69. The summed E-state index contributed by atoms with van der Waals surface area (Å²) in [5, 5.41) is 2.82. The first-order valence-electron chi connectivity index (χ1n) is 12.9. The van der Waals surface area contributed by atoms with Gasteiger partial charge in [-0.25, -0.2) is 8.42 Å². The van der Waals surface area contributed by atoms with Gasteiger partial charge in [0.25, 0.3) is 10.0 Å². The van der Waals surface area contributed by atoms with E-state index in [1.807, 2.05) is 65.0 Å². The van der Waals surface area contributed by atoms with E-state index in [0.29, 0.717) is 18.7 Å². The maximum absolute atomic E-state index is 14.0. The highest BCUT2D eigenvalue weighted by atomic mass is 32.2. The lowest BCUT2D eigenvalue weighted by Gasteiger charge is -2.33. The minimum Gasteiger partial charge on any atom is -0.355 e. The summed E-state index contributed by atoms with van der Waals surface area (Å²) in [6, 6.07) is 20.4. The molecule has 0 aromatic heterocycles. The van der Waals surface area contributed by atoms with Crippen LogP contribution in [0.25, 0.3) is 0 Å². The second-order valence-electron chi connectivity index (χ2n) is 9.42. The molecule has 1 N–H and O–H groups in total. The van der Waals surface area contributed by atoms with Gasteiger partial charge in [-0.1, -0.05) is 61.0 Å². The Morgan fingerprint density at radius 1 is 0.868 bits per heavy atom. The zero-order valence-electron chi connectivity index (χ0n) is 22.8. The van der Waals surface area contributed by atoms with Crippen LogP contribution in [-0.2, 0) is 26.2 Å². The molecule has 7 nitrogen and oxygen atoms in total. The van der Waals surface area contributed by atoms with Crippen molar-refractivity contribution >= 4 is 27.5 Å². The van der Waals surface area contributed by atoms with Gasteiger partial charge in [0.2, 0.25) is 11.8 Å². The van der Waals surface area contributed by atoms with Crippen molar-refractivity contribution in [2.75, 3.05) is 17.4 Å². The first kappa shape index (κ1) is 28.9. The lowest BCUT2D eigenvalue weighted by Crippen LogP contribution is -2.52. The van der Waals surface area contributed by atoms with Crippen molar-refractivity contribution in [2.45, 2.75) is 58.5 Å². The third-order valence-corrected chi connectivity index (χ3v) is 8.35. The smallest absolute Gasteiger partial charge is 0.264 e. The molecule has 3 rings (SSSR count). The lowest BCUT2D eigenvalue weighted by atomic mass is 10.1. The van der Waals surface area contributed by atoms with Crippen molar-refractivity contribution in [1.82, 2.24) is 10.2 Å². The summed E-state index contributed by atoms with van der Waals surface area (Å²) in [5.74, 6) is -0.720. The molecule has 0 spiro atoms. The molecular formula is C30H37N3O4S. The molecule has 0 saturated carbocycles. The number of nitrogens with zero attached hydrogens (tertiary/aromatic N) is 2. The van der Waals surface area contributed by atoms with Gasteiger partial charge in [0.1, 0.15) is 12.6 Å². The number of hydrogen-bond donors (Lipinski definition) is 1. The minimum absolute atomic E-state index is 0.0898. The zero-order chi connectivity index (χ0) is 27.9. The fraction of sp³-hybridized carbons (Fsp3) is 0.333. The number of anilines is 1. The maximum Gasteiger partial charge on any atom is 0.264 e. The van der Waals surface area contributed by atoms with Crippen molar-refractivity contribution in [3.8, 4) is 0 Å². The molecule has 0 saturated heterocycles. The van der Waals surface area contributed by atoms with Gasteiger partial charge in [0.15, 0.2) is 0 Å². The number of benzene rings is 3. The number of likely N-dealkylation sites (N-methyl/N-ethyl adjacent to an activating group) is 1. The van der Waals surface area contributed by atoms with Gasteiger partial charge < -0.3 is 10.2 Å². The van der Waals surface area contributed by atoms with Gasteiger partial charge >= 0.3 is 0 Å². The lowest BCUT2D eigenvalue weighted by molar-refractivity contribution is -0.140. The van der Waals surface area contributed by atoms with E-state index in [1.165, 1.54) is 17.0 Å². The van der Waals surface area contributed by atoms with Crippen LogP contribution < -0.4 is 9.62 Å². The molecule has 0 aliphatic carbocycles. The van der Waals surface area contributed by atoms with Crippen LogP contribution >= 0.6 is 0 Å². The first-order chi connectivity index (χ1) is 18.1. The van der Waals surface area contributed by atoms with E-state index in [2.05, 4.69) is 5.32 Å². The molecular weight excluding hydrogens is 498 g/mol. The Hall–Kier alpha value is -3.65. The summed E-state index contributed by atoms with van der Waals surface area (Å²) in [5.41, 5.74) is 4.22. The molecule has 3 aromatic rings. The van der Waals surface area contributed by atoms with Gasteiger partial charge in [0.05, 0.1) is 10.6 Å². The highest BCUT2D eigenvalue weighted by Crippen LogP contribution is 2.26. The quantitative estimate of drug-likeness (QED) is 0.384. The van der Waals surface area contributed by atoms with E-state index >= 15 is 0 Å². The van der Waals surface area contributed by atoms with Crippen molar-refractivity contribution < 1.29 is 18.0 Å². The summed E-state index contributed by atoms with van der Waals surface area (Å²) in [6.07, 6.45) is 0.387. The minimum atomic E-state index is -4.07. The van der Waals surface area contributed by atoms with Crippen LogP contribution in [0.1, 0.15) is 42.5 Å². The number of amides is 2. The summed E-state index contributed by atoms with van der Waals surface area (Å²) >= 11 is 0. The summed E-state index contributed by atoms with van der Waals surface area (Å²) < 4.78 is 28.8. The normalized spacial score (nSPS) is 12.0. The number of carbonyl (C=O) groups excluding carboxylic acids is 2. The molecule has 2 amide bonds. The number of rotatable bonds is 11. The first-order valence-corrected chi connectivity index (χ1v) is 14.3. The molecule has 0 fully saturated rings. The zero-order valence-corrected chi connectivity index (χ0v) is 23.6. The highest BCUT2D eigenvalue weighted by Gasteiger charge is 2.33. The number of nitrogens with one attached hydrogen (secondary N) is 1. The average Bonchev–Trinajstić information content (AvgIpc) is 2.89. The van der Waals surface area contributed by atoms with E-state index in [-0.39, 0.29) is 17.3 Å². The summed E-state index contributed by atoms with van der Waals surface area (Å²) in [4.78, 5) is 28.6. The molecule has 0 aliphatic heterocycles. The molecule has 1 unspecified atom stereocenters. The second kappa shape index (κ2) is 12.7. The Labute approximate surface area is 226 Å². The third kappa shape index (κ3) is 6.81. The number of carbonyl (C=O) groups is 2. The Bertz CT molecular complexity index is 1370. The monoisotopic (exact) mass is 535 g/mol. The standard InChI is InChI=1S/C30H37N3O4S/c1-6-28(30(35)31-7-2)32(20-25-13-11-12-22(3)18-25)29(34)21-33(26-17-16-23(4)24(5)19-26)38(36,37)27-14-9-8-10-15-27/h8-19,28H,6-7,20-21H2,1-5H3,(H,31,35). The molecule has 0 bridgehead atoms. The van der Waals surface area contributed by atoms with Crippen molar-refractivity contribution in [1.29, 1.82) is 0 Å². The fourth-order valence-corrected chi connectivity index (χ4v) is 5.77. The van der Waals surface area contributed by atoms with E-state index in [1.54, 1.807) is 30.3 Å². The van der Waals surface area contributed by atoms with Gasteiger partial charge in [-0.15, -0.1) is 0 Å². The van der Waals surface area contributed by atoms with E-state index < -0.39 is 28.5 Å². The summed E-state index contributed by atoms with van der Waals surface area (Å²) in [7, 11) is -4.07. The fourth-order valence-electron chi connectivity index (χ4n) is 4.35. The van der Waals surface area contributed by atoms with Crippen LogP contribution in [0.2, 0.25) is 0 Å². The van der Waals surface area contributed by atoms with Crippen LogP contribution in [0.4, 0.5) is 5.69 Å². The number of hydrogen-bond acceptors (Lipinski definition) is 4. The predicted octanol–water partition coefficient (Wildman–Crippen LogP) is 4.75. The molecule has 38 heavy (non-hydrogen) atoms. The molecule has 0 radical (unpaired) electrons. The summed E-state index contributed by atoms with van der Waals surface area (Å²) in [6.45, 7) is 9.65. The second-order valence-corrected chi connectivity index (χ2v) is 11.3. The van der Waals surface area contributed by atoms with Gasteiger partial charge in [-0.2, -0.15) is 0 Å². The largest absolute Gasteiger partial charge is 0.355 e. The van der Waals surface area contributed by atoms with E-state index in [9.17, 15) is 18.0 Å². The van der Waals surface area contributed by atoms with E-state index in [0.717, 1.165) is 26.6 Å².